The summed E-state index contributed by atoms with van der Waals surface area (Å²) in [5.41, 5.74) is 2.21. The molecule has 0 spiro atoms. The molecule has 6 rings (SSSR count). The lowest BCUT2D eigenvalue weighted by atomic mass is 9.88. The zero-order chi connectivity index (χ0) is 27.5. The van der Waals surface area contributed by atoms with Crippen LogP contribution in [0.4, 0.5) is 21.7 Å². The minimum absolute atomic E-state index is 0.0140. The first-order chi connectivity index (χ1) is 18.6. The summed E-state index contributed by atoms with van der Waals surface area (Å²) in [6, 6.07) is 5.66. The predicted octanol–water partition coefficient (Wildman–Crippen LogP) is 5.10. The summed E-state index contributed by atoms with van der Waals surface area (Å²) in [5, 5.41) is 9.31. The molecule has 2 atom stereocenters. The summed E-state index contributed by atoms with van der Waals surface area (Å²) < 4.78 is 41.1. The highest BCUT2D eigenvalue weighted by Gasteiger charge is 2.38. The van der Waals surface area contributed by atoms with Crippen LogP contribution in [0.1, 0.15) is 51.1 Å². The second-order valence-corrected chi connectivity index (χ2v) is 13.3. The zero-order valence-electron chi connectivity index (χ0n) is 22.5. The van der Waals surface area contributed by atoms with Gasteiger partial charge in [-0.2, -0.15) is 5.10 Å². The monoisotopic (exact) mass is 549 g/mol. The van der Waals surface area contributed by atoms with Crippen LogP contribution in [0.3, 0.4) is 0 Å². The van der Waals surface area contributed by atoms with Crippen LogP contribution < -0.4 is 10.2 Å². The number of rotatable bonds is 8. The SMILES string of the molecule is CC(C)c1c(F)cc(N2C[C@H](CS(C)(=O)=O)[C@H]2C)c2cnc(Nc3ccnc(-c4cnn(C5CC5)c4)n3)cc12. The van der Waals surface area contributed by atoms with Crippen LogP contribution in [0.2, 0.25) is 0 Å². The Morgan fingerprint density at radius 3 is 2.62 bits per heavy atom. The van der Waals surface area contributed by atoms with E-state index < -0.39 is 9.84 Å². The van der Waals surface area contributed by atoms with Crippen molar-refractivity contribution in [2.75, 3.05) is 28.8 Å². The molecule has 2 aliphatic rings. The van der Waals surface area contributed by atoms with E-state index in [1.54, 1.807) is 30.7 Å². The van der Waals surface area contributed by atoms with Gasteiger partial charge in [-0.05, 0) is 54.8 Å². The van der Waals surface area contributed by atoms with Crippen molar-refractivity contribution < 1.29 is 12.8 Å². The molecule has 1 saturated carbocycles. The van der Waals surface area contributed by atoms with Crippen molar-refractivity contribution in [3.63, 3.8) is 0 Å². The third kappa shape index (κ3) is 5.07. The van der Waals surface area contributed by atoms with Gasteiger partial charge in [0.25, 0.3) is 0 Å². The smallest absolute Gasteiger partial charge is 0.164 e. The molecule has 9 nitrogen and oxygen atoms in total. The number of halogens is 1. The lowest BCUT2D eigenvalue weighted by Crippen LogP contribution is -2.57. The van der Waals surface area contributed by atoms with Gasteiger partial charge >= 0.3 is 0 Å². The maximum Gasteiger partial charge on any atom is 0.164 e. The van der Waals surface area contributed by atoms with Crippen LogP contribution in [0, 0.1) is 11.7 Å². The van der Waals surface area contributed by atoms with Gasteiger partial charge in [-0.25, -0.2) is 27.8 Å². The quantitative estimate of drug-likeness (QED) is 0.324. The topological polar surface area (TPSA) is 106 Å². The van der Waals surface area contributed by atoms with Gasteiger partial charge in [-0.3, -0.25) is 4.68 Å². The van der Waals surface area contributed by atoms with E-state index in [4.69, 9.17) is 0 Å². The fourth-order valence-corrected chi connectivity index (χ4v) is 6.62. The van der Waals surface area contributed by atoms with E-state index in [-0.39, 0.29) is 29.4 Å². The third-order valence-corrected chi connectivity index (χ3v) is 8.73. The highest BCUT2D eigenvalue weighted by molar-refractivity contribution is 7.90. The third-order valence-electron chi connectivity index (χ3n) is 7.69. The van der Waals surface area contributed by atoms with Crippen molar-refractivity contribution in [1.82, 2.24) is 24.7 Å². The molecule has 0 bridgehead atoms. The molecule has 1 N–H and O–H groups in total. The first-order valence-corrected chi connectivity index (χ1v) is 15.3. The molecular weight excluding hydrogens is 517 g/mol. The molecule has 0 unspecified atom stereocenters. The second kappa shape index (κ2) is 9.55. The Kier molecular flexibility index (Phi) is 6.28. The van der Waals surface area contributed by atoms with E-state index in [0.29, 0.717) is 35.6 Å². The maximum atomic E-state index is 15.5. The van der Waals surface area contributed by atoms with Crippen LogP contribution in [-0.2, 0) is 9.84 Å². The van der Waals surface area contributed by atoms with Crippen molar-refractivity contribution in [3.8, 4) is 11.4 Å². The molecule has 1 aliphatic heterocycles. The van der Waals surface area contributed by atoms with E-state index in [1.165, 1.54) is 6.26 Å². The number of benzene rings is 1. The van der Waals surface area contributed by atoms with Gasteiger partial charge in [-0.1, -0.05) is 13.8 Å². The van der Waals surface area contributed by atoms with Crippen molar-refractivity contribution in [3.05, 3.63) is 54.4 Å². The average molecular weight is 550 g/mol. The van der Waals surface area contributed by atoms with Crippen LogP contribution in [0.5, 0.6) is 0 Å². The summed E-state index contributed by atoms with van der Waals surface area (Å²) in [6.45, 7) is 6.49. The largest absolute Gasteiger partial charge is 0.367 e. The minimum Gasteiger partial charge on any atom is -0.367 e. The summed E-state index contributed by atoms with van der Waals surface area (Å²) >= 11 is 0. The highest BCUT2D eigenvalue weighted by atomic mass is 32.2. The molecule has 2 fully saturated rings. The zero-order valence-corrected chi connectivity index (χ0v) is 23.3. The first-order valence-electron chi connectivity index (χ1n) is 13.3. The number of anilines is 3. The Bertz CT molecular complexity index is 1670. The molecule has 39 heavy (non-hydrogen) atoms. The normalized spacial score (nSPS) is 19.5. The molecule has 204 valence electrons. The fourth-order valence-electron chi connectivity index (χ4n) is 5.46. The van der Waals surface area contributed by atoms with Crippen LogP contribution in [-0.4, -0.2) is 57.7 Å². The Labute approximate surface area is 227 Å². The molecule has 11 heteroatoms. The average Bonchev–Trinajstić information content (AvgIpc) is 3.61. The van der Waals surface area contributed by atoms with Crippen LogP contribution in [0.15, 0.2) is 43.0 Å². The van der Waals surface area contributed by atoms with Gasteiger partial charge < -0.3 is 10.2 Å². The molecule has 1 saturated heterocycles. The van der Waals surface area contributed by atoms with Gasteiger partial charge in [0.05, 0.1) is 23.6 Å². The van der Waals surface area contributed by atoms with Gasteiger partial charge in [-0.15, -0.1) is 0 Å². The molecule has 1 aliphatic carbocycles. The lowest BCUT2D eigenvalue weighted by Gasteiger charge is -2.48. The van der Waals surface area contributed by atoms with Crippen LogP contribution in [0.25, 0.3) is 22.2 Å². The van der Waals surface area contributed by atoms with Gasteiger partial charge in [0.2, 0.25) is 0 Å². The van der Waals surface area contributed by atoms with E-state index in [1.807, 2.05) is 37.7 Å². The number of hydrogen-bond donors (Lipinski definition) is 1. The van der Waals surface area contributed by atoms with Crippen molar-refractivity contribution in [1.29, 1.82) is 0 Å². The maximum absolute atomic E-state index is 15.5. The second-order valence-electron chi connectivity index (χ2n) is 11.1. The Morgan fingerprint density at radius 2 is 1.92 bits per heavy atom. The van der Waals surface area contributed by atoms with E-state index in [0.717, 1.165) is 34.9 Å². The molecular formula is C28H32FN7O2S. The summed E-state index contributed by atoms with van der Waals surface area (Å²) in [7, 11) is -3.08. The first kappa shape index (κ1) is 25.7. The molecule has 3 aromatic heterocycles. The summed E-state index contributed by atoms with van der Waals surface area (Å²) in [5.74, 6) is 1.51. The molecule has 1 aromatic carbocycles. The summed E-state index contributed by atoms with van der Waals surface area (Å²) in [4.78, 5) is 15.8. The van der Waals surface area contributed by atoms with Crippen LogP contribution >= 0.6 is 0 Å². The van der Waals surface area contributed by atoms with E-state index in [2.05, 4.69) is 30.3 Å². The standard InChI is InChI=1S/C28H32FN7O2S/c1-16(2)27-21-9-26(33-25-7-8-30-28(34-25)18-11-32-36(14-18)20-5-6-20)31-12-22(21)24(10-23(27)29)35-13-19(17(35)3)15-39(4,37)38/h7-12,14,16-17,19-20H,5-6,13,15H2,1-4H3,(H,30,31,33,34)/t17-,19-/m1/s1. The number of fused-ring (bicyclic) bond motifs is 1. The van der Waals surface area contributed by atoms with Crippen molar-refractivity contribution in [2.45, 2.75) is 51.6 Å². The molecule has 0 amide bonds. The number of aromatic nitrogens is 5. The number of nitrogens with zero attached hydrogens (tertiary/aromatic N) is 6. The Morgan fingerprint density at radius 1 is 1.13 bits per heavy atom. The summed E-state index contributed by atoms with van der Waals surface area (Å²) in [6.07, 6.45) is 10.8. The van der Waals surface area contributed by atoms with Gasteiger partial charge in [0, 0.05) is 54.4 Å². The lowest BCUT2D eigenvalue weighted by molar-refractivity contribution is 0.341. The highest BCUT2D eigenvalue weighted by Crippen LogP contribution is 2.41. The number of pyridine rings is 1. The van der Waals surface area contributed by atoms with E-state index in [9.17, 15) is 8.42 Å². The van der Waals surface area contributed by atoms with Crippen molar-refractivity contribution >= 4 is 37.9 Å². The number of hydrogen-bond acceptors (Lipinski definition) is 8. The Hall–Kier alpha value is -3.60. The minimum atomic E-state index is -3.08. The molecule has 4 aromatic rings. The predicted molar refractivity (Wildman–Crippen MR) is 151 cm³/mol. The van der Waals surface area contributed by atoms with Gasteiger partial charge in [0.1, 0.15) is 27.3 Å². The number of sulfone groups is 1. The Balaban J connectivity index is 1.32. The van der Waals surface area contributed by atoms with E-state index >= 15 is 4.39 Å². The molecule has 0 radical (unpaired) electrons. The number of nitrogens with one attached hydrogen (secondary N) is 1. The molecule has 4 heterocycles. The van der Waals surface area contributed by atoms with Crippen molar-refractivity contribution in [2.24, 2.45) is 5.92 Å². The van der Waals surface area contributed by atoms with Gasteiger partial charge in [0.15, 0.2) is 5.82 Å². The fraction of sp³-hybridized carbons (Fsp3) is 0.429.